The first-order valence-corrected chi connectivity index (χ1v) is 6.29. The summed E-state index contributed by atoms with van der Waals surface area (Å²) >= 11 is 0. The van der Waals surface area contributed by atoms with Gasteiger partial charge in [0.1, 0.15) is 0 Å². The van der Waals surface area contributed by atoms with E-state index in [4.69, 9.17) is 5.26 Å². The Balaban J connectivity index is 1.85. The zero-order chi connectivity index (χ0) is 14.8. The van der Waals surface area contributed by atoms with Gasteiger partial charge in [0.05, 0.1) is 36.7 Å². The van der Waals surface area contributed by atoms with Crippen LogP contribution in [-0.2, 0) is 13.1 Å². The van der Waals surface area contributed by atoms with E-state index < -0.39 is 0 Å². The SMILES string of the molecule is N#CCCn1nnnc1CN1C(=O)c2ccccc2C1=O. The van der Waals surface area contributed by atoms with E-state index in [2.05, 4.69) is 15.5 Å². The number of aromatic nitrogens is 4. The van der Waals surface area contributed by atoms with Gasteiger partial charge in [-0.05, 0) is 22.6 Å². The molecule has 0 aliphatic carbocycles. The fourth-order valence-electron chi connectivity index (χ4n) is 2.19. The first-order valence-electron chi connectivity index (χ1n) is 6.29. The minimum atomic E-state index is -0.356. The number of rotatable bonds is 4. The Bertz CT molecular complexity index is 725. The summed E-state index contributed by atoms with van der Waals surface area (Å²) in [4.78, 5) is 25.6. The second kappa shape index (κ2) is 5.13. The molecule has 1 aliphatic rings. The van der Waals surface area contributed by atoms with Crippen LogP contribution in [0.15, 0.2) is 24.3 Å². The number of nitrogens with zero attached hydrogens (tertiary/aromatic N) is 6. The van der Waals surface area contributed by atoms with Gasteiger partial charge in [0.15, 0.2) is 5.82 Å². The van der Waals surface area contributed by atoms with Crippen molar-refractivity contribution >= 4 is 11.8 Å². The van der Waals surface area contributed by atoms with Crippen molar-refractivity contribution in [1.82, 2.24) is 25.1 Å². The quantitative estimate of drug-likeness (QED) is 0.751. The summed E-state index contributed by atoms with van der Waals surface area (Å²) in [5.74, 6) is -0.337. The molecule has 1 aliphatic heterocycles. The molecule has 0 N–H and O–H groups in total. The van der Waals surface area contributed by atoms with Crippen LogP contribution in [0, 0.1) is 11.3 Å². The number of hydrogen-bond acceptors (Lipinski definition) is 6. The Morgan fingerprint density at radius 2 is 1.81 bits per heavy atom. The molecule has 1 aromatic heterocycles. The lowest BCUT2D eigenvalue weighted by Crippen LogP contribution is -2.30. The van der Waals surface area contributed by atoms with Crippen molar-refractivity contribution in [1.29, 1.82) is 5.26 Å². The van der Waals surface area contributed by atoms with Crippen LogP contribution in [0.2, 0.25) is 0 Å². The third-order valence-electron chi connectivity index (χ3n) is 3.22. The van der Waals surface area contributed by atoms with Gasteiger partial charge in [0.25, 0.3) is 11.8 Å². The molecule has 0 saturated heterocycles. The minimum absolute atomic E-state index is 0.00915. The smallest absolute Gasteiger partial charge is 0.261 e. The van der Waals surface area contributed by atoms with Gasteiger partial charge in [-0.3, -0.25) is 14.5 Å². The largest absolute Gasteiger partial charge is 0.269 e. The molecule has 3 rings (SSSR count). The highest BCUT2D eigenvalue weighted by atomic mass is 16.2. The van der Waals surface area contributed by atoms with E-state index in [1.165, 1.54) is 4.68 Å². The first kappa shape index (κ1) is 12.9. The van der Waals surface area contributed by atoms with Crippen LogP contribution in [0.25, 0.3) is 0 Å². The molecule has 0 bridgehead atoms. The van der Waals surface area contributed by atoms with Crippen LogP contribution in [0.1, 0.15) is 33.0 Å². The summed E-state index contributed by atoms with van der Waals surface area (Å²) in [5.41, 5.74) is 0.775. The third kappa shape index (κ3) is 2.14. The summed E-state index contributed by atoms with van der Waals surface area (Å²) in [7, 11) is 0. The zero-order valence-electron chi connectivity index (χ0n) is 10.9. The molecule has 2 heterocycles. The second-order valence-corrected chi connectivity index (χ2v) is 4.47. The first-order chi connectivity index (χ1) is 10.2. The topological polar surface area (TPSA) is 105 Å². The van der Waals surface area contributed by atoms with Crippen molar-refractivity contribution in [3.05, 3.63) is 41.2 Å². The van der Waals surface area contributed by atoms with Gasteiger partial charge in [0, 0.05) is 0 Å². The zero-order valence-corrected chi connectivity index (χ0v) is 10.9. The predicted molar refractivity (Wildman–Crippen MR) is 68.7 cm³/mol. The number of benzene rings is 1. The Kier molecular flexibility index (Phi) is 3.16. The van der Waals surface area contributed by atoms with Crippen molar-refractivity contribution in [2.75, 3.05) is 0 Å². The summed E-state index contributed by atoms with van der Waals surface area (Å²) < 4.78 is 1.42. The number of imide groups is 1. The third-order valence-corrected chi connectivity index (χ3v) is 3.22. The Hall–Kier alpha value is -3.08. The van der Waals surface area contributed by atoms with Crippen molar-refractivity contribution in [2.45, 2.75) is 19.5 Å². The summed E-state index contributed by atoms with van der Waals surface area (Å²) in [6, 6.07) is 8.66. The van der Waals surface area contributed by atoms with E-state index >= 15 is 0 Å². The average Bonchev–Trinajstić information content (AvgIpc) is 3.04. The molecule has 0 unspecified atom stereocenters. The molecule has 2 aromatic rings. The summed E-state index contributed by atoms with van der Waals surface area (Å²) in [6.45, 7) is 0.312. The molecule has 104 valence electrons. The highest BCUT2D eigenvalue weighted by molar-refractivity contribution is 6.21. The highest BCUT2D eigenvalue weighted by Gasteiger charge is 2.35. The number of nitriles is 1. The van der Waals surface area contributed by atoms with E-state index in [1.54, 1.807) is 24.3 Å². The number of carbonyl (C=O) groups is 2. The average molecular weight is 282 g/mol. The van der Waals surface area contributed by atoms with Crippen LogP contribution in [0.3, 0.4) is 0 Å². The van der Waals surface area contributed by atoms with Crippen molar-refractivity contribution in [3.63, 3.8) is 0 Å². The number of hydrogen-bond donors (Lipinski definition) is 0. The maximum absolute atomic E-state index is 12.2. The van der Waals surface area contributed by atoms with Crippen LogP contribution in [0.5, 0.6) is 0 Å². The van der Waals surface area contributed by atoms with Gasteiger partial charge < -0.3 is 0 Å². The number of amides is 2. The maximum Gasteiger partial charge on any atom is 0.261 e. The Morgan fingerprint density at radius 1 is 1.14 bits per heavy atom. The van der Waals surface area contributed by atoms with Crippen LogP contribution >= 0.6 is 0 Å². The van der Waals surface area contributed by atoms with Crippen LogP contribution in [-0.4, -0.2) is 36.9 Å². The van der Waals surface area contributed by atoms with Gasteiger partial charge in [0.2, 0.25) is 0 Å². The molecular formula is C13H10N6O2. The fourth-order valence-corrected chi connectivity index (χ4v) is 2.19. The Morgan fingerprint density at radius 3 is 2.43 bits per heavy atom. The molecule has 1 aromatic carbocycles. The van der Waals surface area contributed by atoms with Gasteiger partial charge >= 0.3 is 0 Å². The molecule has 0 fully saturated rings. The van der Waals surface area contributed by atoms with E-state index in [-0.39, 0.29) is 24.8 Å². The molecule has 0 spiro atoms. The molecular weight excluding hydrogens is 272 g/mol. The maximum atomic E-state index is 12.2. The minimum Gasteiger partial charge on any atom is -0.269 e. The standard InChI is InChI=1S/C13H10N6O2/c14-6-3-7-19-11(15-16-17-19)8-18-12(20)9-4-1-2-5-10(9)13(18)21/h1-2,4-5H,3,7-8H2. The number of fused-ring (bicyclic) bond motifs is 1. The monoisotopic (exact) mass is 282 g/mol. The van der Waals surface area contributed by atoms with Crippen molar-refractivity contribution < 1.29 is 9.59 Å². The van der Waals surface area contributed by atoms with Crippen LogP contribution < -0.4 is 0 Å². The van der Waals surface area contributed by atoms with Crippen molar-refractivity contribution in [2.24, 2.45) is 0 Å². The molecule has 0 atom stereocenters. The molecule has 2 amide bonds. The molecule has 8 heteroatoms. The molecule has 0 radical (unpaired) electrons. The van der Waals surface area contributed by atoms with E-state index in [9.17, 15) is 9.59 Å². The number of tetrazole rings is 1. The van der Waals surface area contributed by atoms with Gasteiger partial charge in [-0.2, -0.15) is 5.26 Å². The molecule has 0 saturated carbocycles. The van der Waals surface area contributed by atoms with E-state index in [1.807, 2.05) is 6.07 Å². The lowest BCUT2D eigenvalue weighted by atomic mass is 10.1. The molecule has 8 nitrogen and oxygen atoms in total. The van der Waals surface area contributed by atoms with Crippen molar-refractivity contribution in [3.8, 4) is 6.07 Å². The van der Waals surface area contributed by atoms with E-state index in [0.717, 1.165) is 4.90 Å². The van der Waals surface area contributed by atoms with Gasteiger partial charge in [-0.15, -0.1) is 5.10 Å². The summed E-state index contributed by atoms with van der Waals surface area (Å²) in [6.07, 6.45) is 0.250. The summed E-state index contributed by atoms with van der Waals surface area (Å²) in [5, 5.41) is 19.7. The lowest BCUT2D eigenvalue weighted by molar-refractivity contribution is 0.0636. The van der Waals surface area contributed by atoms with Crippen LogP contribution in [0.4, 0.5) is 0 Å². The van der Waals surface area contributed by atoms with Gasteiger partial charge in [-0.1, -0.05) is 12.1 Å². The second-order valence-electron chi connectivity index (χ2n) is 4.47. The number of aryl methyl sites for hydroxylation is 1. The Labute approximate surface area is 119 Å². The predicted octanol–water partition coefficient (Wildman–Crippen LogP) is 0.383. The number of carbonyl (C=O) groups excluding carboxylic acids is 2. The fraction of sp³-hybridized carbons (Fsp3) is 0.231. The molecule has 21 heavy (non-hydrogen) atoms. The van der Waals surface area contributed by atoms with E-state index in [0.29, 0.717) is 23.5 Å². The normalized spacial score (nSPS) is 13.4. The highest BCUT2D eigenvalue weighted by Crippen LogP contribution is 2.23. The van der Waals surface area contributed by atoms with Gasteiger partial charge in [-0.25, -0.2) is 4.68 Å². The lowest BCUT2D eigenvalue weighted by Gasteiger charge is -2.12.